The van der Waals surface area contributed by atoms with Crippen LogP contribution in [0.15, 0.2) is 45.5 Å². The van der Waals surface area contributed by atoms with E-state index in [1.165, 1.54) is 6.07 Å². The minimum Gasteiger partial charge on any atom is -0.507 e. The van der Waals surface area contributed by atoms with Gasteiger partial charge in [-0.15, -0.1) is 0 Å². The molecular weight excluding hydrogens is 298 g/mol. The molecular formula is C13H12BrNO3. The predicted octanol–water partition coefficient (Wildman–Crippen LogP) is 3.24. The molecule has 1 aromatic carbocycles. The van der Waals surface area contributed by atoms with Crippen molar-refractivity contribution < 1.29 is 14.3 Å². The van der Waals surface area contributed by atoms with E-state index < -0.39 is 0 Å². The zero-order chi connectivity index (χ0) is 13.1. The van der Waals surface area contributed by atoms with Gasteiger partial charge in [-0.1, -0.05) is 15.9 Å². The third-order valence-corrected chi connectivity index (χ3v) is 3.01. The summed E-state index contributed by atoms with van der Waals surface area (Å²) in [6.07, 6.45) is 1.55. The van der Waals surface area contributed by atoms with E-state index in [0.29, 0.717) is 5.76 Å². The van der Waals surface area contributed by atoms with E-state index in [-0.39, 0.29) is 23.3 Å². The topological polar surface area (TPSA) is 62.5 Å². The van der Waals surface area contributed by atoms with Crippen LogP contribution in [0.2, 0.25) is 0 Å². The molecule has 4 nitrogen and oxygen atoms in total. The molecule has 0 aliphatic rings. The molecule has 0 spiro atoms. The Kier molecular flexibility index (Phi) is 3.72. The number of phenols is 1. The van der Waals surface area contributed by atoms with Crippen molar-refractivity contribution in [2.45, 2.75) is 13.0 Å². The first kappa shape index (κ1) is 12.7. The van der Waals surface area contributed by atoms with Crippen molar-refractivity contribution in [1.29, 1.82) is 0 Å². The second-order valence-corrected chi connectivity index (χ2v) is 4.79. The molecule has 0 bridgehead atoms. The van der Waals surface area contributed by atoms with Gasteiger partial charge in [0.2, 0.25) is 0 Å². The Labute approximate surface area is 113 Å². The van der Waals surface area contributed by atoms with Crippen LogP contribution in [0.5, 0.6) is 5.75 Å². The highest BCUT2D eigenvalue weighted by Crippen LogP contribution is 2.22. The smallest absolute Gasteiger partial charge is 0.255 e. The van der Waals surface area contributed by atoms with Crippen molar-refractivity contribution in [3.8, 4) is 5.75 Å². The highest BCUT2D eigenvalue weighted by molar-refractivity contribution is 9.10. The Morgan fingerprint density at radius 2 is 2.22 bits per heavy atom. The van der Waals surface area contributed by atoms with Crippen molar-refractivity contribution in [2.75, 3.05) is 0 Å². The summed E-state index contributed by atoms with van der Waals surface area (Å²) in [7, 11) is 0. The Hall–Kier alpha value is -1.75. The maximum Gasteiger partial charge on any atom is 0.255 e. The van der Waals surface area contributed by atoms with Crippen LogP contribution in [0, 0.1) is 0 Å². The summed E-state index contributed by atoms with van der Waals surface area (Å²) in [6.45, 7) is 1.81. The lowest BCUT2D eigenvalue weighted by atomic mass is 10.1. The number of nitrogens with one attached hydrogen (secondary N) is 1. The summed E-state index contributed by atoms with van der Waals surface area (Å²) in [6, 6.07) is 7.99. The molecule has 0 saturated heterocycles. The summed E-state index contributed by atoms with van der Waals surface area (Å²) < 4.78 is 5.93. The largest absolute Gasteiger partial charge is 0.507 e. The molecule has 1 aromatic heterocycles. The first-order valence-corrected chi connectivity index (χ1v) is 6.20. The molecule has 1 atom stereocenters. The molecule has 1 heterocycles. The summed E-state index contributed by atoms with van der Waals surface area (Å²) in [5.74, 6) is 0.262. The summed E-state index contributed by atoms with van der Waals surface area (Å²) in [5, 5.41) is 12.4. The van der Waals surface area contributed by atoms with Gasteiger partial charge in [0, 0.05) is 4.47 Å². The van der Waals surface area contributed by atoms with Gasteiger partial charge in [0.15, 0.2) is 0 Å². The van der Waals surface area contributed by atoms with Crippen molar-refractivity contribution in [1.82, 2.24) is 5.32 Å². The van der Waals surface area contributed by atoms with Crippen LogP contribution in [0.25, 0.3) is 0 Å². The van der Waals surface area contributed by atoms with Crippen LogP contribution in [0.1, 0.15) is 29.1 Å². The highest BCUT2D eigenvalue weighted by Gasteiger charge is 2.16. The van der Waals surface area contributed by atoms with Gasteiger partial charge in [-0.25, -0.2) is 0 Å². The molecule has 0 saturated carbocycles. The minimum absolute atomic E-state index is 0.0534. The van der Waals surface area contributed by atoms with Crippen molar-refractivity contribution >= 4 is 21.8 Å². The van der Waals surface area contributed by atoms with E-state index in [9.17, 15) is 9.90 Å². The van der Waals surface area contributed by atoms with Crippen LogP contribution in [-0.2, 0) is 0 Å². The molecule has 1 unspecified atom stereocenters. The van der Waals surface area contributed by atoms with Crippen LogP contribution in [0.4, 0.5) is 0 Å². The van der Waals surface area contributed by atoms with Gasteiger partial charge in [-0.3, -0.25) is 4.79 Å². The van der Waals surface area contributed by atoms with Crippen molar-refractivity contribution in [2.24, 2.45) is 0 Å². The van der Waals surface area contributed by atoms with Gasteiger partial charge in [-0.2, -0.15) is 0 Å². The monoisotopic (exact) mass is 309 g/mol. The van der Waals surface area contributed by atoms with E-state index in [0.717, 1.165) is 4.47 Å². The van der Waals surface area contributed by atoms with Gasteiger partial charge >= 0.3 is 0 Å². The van der Waals surface area contributed by atoms with Crippen LogP contribution in [-0.4, -0.2) is 11.0 Å². The number of carbonyl (C=O) groups is 1. The van der Waals surface area contributed by atoms with Crippen LogP contribution < -0.4 is 5.32 Å². The fourth-order valence-corrected chi connectivity index (χ4v) is 1.93. The molecule has 0 aliphatic carbocycles. The Bertz CT molecular complexity index is 551. The zero-order valence-electron chi connectivity index (χ0n) is 9.68. The first-order chi connectivity index (χ1) is 8.58. The van der Waals surface area contributed by atoms with Gasteiger partial charge in [-0.05, 0) is 37.3 Å². The second-order valence-electron chi connectivity index (χ2n) is 3.87. The average molecular weight is 310 g/mol. The zero-order valence-corrected chi connectivity index (χ0v) is 11.3. The maximum atomic E-state index is 12.0. The lowest BCUT2D eigenvalue weighted by Gasteiger charge is -2.12. The van der Waals surface area contributed by atoms with Gasteiger partial charge in [0.05, 0.1) is 17.9 Å². The molecule has 94 valence electrons. The fourth-order valence-electron chi connectivity index (χ4n) is 1.57. The molecule has 2 aromatic rings. The summed E-state index contributed by atoms with van der Waals surface area (Å²) >= 11 is 3.26. The molecule has 18 heavy (non-hydrogen) atoms. The number of phenolic OH excluding ortho intramolecular Hbond substituents is 1. The number of hydrogen-bond acceptors (Lipinski definition) is 3. The van der Waals surface area contributed by atoms with E-state index in [1.807, 2.05) is 6.92 Å². The average Bonchev–Trinajstić information content (AvgIpc) is 2.85. The van der Waals surface area contributed by atoms with Gasteiger partial charge < -0.3 is 14.8 Å². The summed E-state index contributed by atoms with van der Waals surface area (Å²) in [5.41, 5.74) is 0.225. The minimum atomic E-state index is -0.349. The Morgan fingerprint density at radius 3 is 2.89 bits per heavy atom. The molecule has 2 N–H and O–H groups in total. The number of rotatable bonds is 3. The Morgan fingerprint density at radius 1 is 1.44 bits per heavy atom. The van der Waals surface area contributed by atoms with Gasteiger partial charge in [0.25, 0.3) is 5.91 Å². The maximum absolute atomic E-state index is 12.0. The Balaban J connectivity index is 2.15. The highest BCUT2D eigenvalue weighted by atomic mass is 79.9. The fraction of sp³-hybridized carbons (Fsp3) is 0.154. The molecule has 1 amide bonds. The van der Waals surface area contributed by atoms with E-state index >= 15 is 0 Å². The molecule has 0 radical (unpaired) electrons. The number of amides is 1. The SMILES string of the molecule is CC(NC(=O)c1cc(Br)ccc1O)c1ccco1. The number of aromatic hydroxyl groups is 1. The number of hydrogen-bond donors (Lipinski definition) is 2. The molecule has 0 fully saturated rings. The molecule has 5 heteroatoms. The van der Waals surface area contributed by atoms with E-state index in [2.05, 4.69) is 21.2 Å². The quantitative estimate of drug-likeness (QED) is 0.915. The lowest BCUT2D eigenvalue weighted by molar-refractivity contribution is 0.0932. The first-order valence-electron chi connectivity index (χ1n) is 5.40. The van der Waals surface area contributed by atoms with E-state index in [1.54, 1.807) is 30.5 Å². The second kappa shape index (κ2) is 5.27. The van der Waals surface area contributed by atoms with Crippen LogP contribution in [0.3, 0.4) is 0 Å². The lowest BCUT2D eigenvalue weighted by Crippen LogP contribution is -2.26. The molecule has 2 rings (SSSR count). The summed E-state index contributed by atoms with van der Waals surface area (Å²) in [4.78, 5) is 12.0. The van der Waals surface area contributed by atoms with Crippen molar-refractivity contribution in [3.05, 3.63) is 52.4 Å². The number of carbonyl (C=O) groups excluding carboxylic acids is 1. The number of furan rings is 1. The third-order valence-electron chi connectivity index (χ3n) is 2.52. The predicted molar refractivity (Wildman–Crippen MR) is 70.4 cm³/mol. The van der Waals surface area contributed by atoms with Crippen LogP contribution >= 0.6 is 15.9 Å². The molecule has 0 aliphatic heterocycles. The van der Waals surface area contributed by atoms with E-state index in [4.69, 9.17) is 4.42 Å². The number of halogens is 1. The normalized spacial score (nSPS) is 12.1. The van der Waals surface area contributed by atoms with Gasteiger partial charge in [0.1, 0.15) is 11.5 Å². The van der Waals surface area contributed by atoms with Crippen molar-refractivity contribution in [3.63, 3.8) is 0 Å². The number of benzene rings is 1. The standard InChI is InChI=1S/C13H12BrNO3/c1-8(12-3-2-6-18-12)15-13(17)10-7-9(14)4-5-11(10)16/h2-8,16H,1H3,(H,15,17). The third kappa shape index (κ3) is 2.73.